The number of imidazole rings is 1. The third-order valence-electron chi connectivity index (χ3n) is 4.00. The maximum atomic E-state index is 10.8. The van der Waals surface area contributed by atoms with Crippen LogP contribution in [0.15, 0.2) is 54.6 Å². The molecule has 3 aromatic rings. The van der Waals surface area contributed by atoms with Crippen molar-refractivity contribution >= 4 is 17.4 Å². The maximum absolute atomic E-state index is 10.8. The number of amides is 1. The molecule has 0 aliphatic heterocycles. The van der Waals surface area contributed by atoms with Crippen LogP contribution in [0.4, 0.5) is 0 Å². The van der Waals surface area contributed by atoms with Gasteiger partial charge in [-0.15, -0.1) is 0 Å². The summed E-state index contributed by atoms with van der Waals surface area (Å²) in [6.07, 6.45) is 0.724. The minimum atomic E-state index is -0.143. The van der Waals surface area contributed by atoms with Gasteiger partial charge in [0.2, 0.25) is 6.41 Å². The number of para-hydroxylation sites is 2. The van der Waals surface area contributed by atoms with Gasteiger partial charge in [-0.3, -0.25) is 4.79 Å². The van der Waals surface area contributed by atoms with Crippen molar-refractivity contribution in [1.82, 2.24) is 14.9 Å². The van der Waals surface area contributed by atoms with Crippen molar-refractivity contribution < 1.29 is 4.79 Å². The van der Waals surface area contributed by atoms with Crippen molar-refractivity contribution in [3.05, 3.63) is 66.0 Å². The molecule has 4 heteroatoms. The average molecular weight is 293 g/mol. The first-order valence-corrected chi connectivity index (χ1v) is 7.44. The van der Waals surface area contributed by atoms with Gasteiger partial charge in [0.15, 0.2) is 0 Å². The van der Waals surface area contributed by atoms with Crippen molar-refractivity contribution in [3.63, 3.8) is 0 Å². The van der Waals surface area contributed by atoms with Crippen LogP contribution in [0.3, 0.4) is 0 Å². The smallest absolute Gasteiger partial charge is 0.207 e. The molecule has 2 aromatic carbocycles. The van der Waals surface area contributed by atoms with Crippen LogP contribution in [-0.2, 0) is 4.79 Å². The van der Waals surface area contributed by atoms with E-state index in [4.69, 9.17) is 4.98 Å². The Labute approximate surface area is 129 Å². The van der Waals surface area contributed by atoms with Crippen molar-refractivity contribution in [3.8, 4) is 0 Å². The Balaban J connectivity index is 2.17. The molecule has 1 amide bonds. The quantitative estimate of drug-likeness (QED) is 0.732. The Kier molecular flexibility index (Phi) is 3.92. The lowest BCUT2D eigenvalue weighted by Crippen LogP contribution is -2.22. The van der Waals surface area contributed by atoms with Crippen LogP contribution in [-0.4, -0.2) is 16.0 Å². The average Bonchev–Trinajstić information content (AvgIpc) is 2.95. The van der Waals surface area contributed by atoms with E-state index in [1.807, 2.05) is 43.3 Å². The molecule has 2 atom stereocenters. The van der Waals surface area contributed by atoms with Crippen LogP contribution in [0, 0.1) is 0 Å². The monoisotopic (exact) mass is 293 g/mol. The molecule has 0 unspecified atom stereocenters. The zero-order valence-corrected chi connectivity index (χ0v) is 12.7. The molecule has 0 fully saturated rings. The number of hydrogen-bond acceptors (Lipinski definition) is 2. The van der Waals surface area contributed by atoms with E-state index in [1.54, 1.807) is 0 Å². The summed E-state index contributed by atoms with van der Waals surface area (Å²) in [7, 11) is 0. The fraction of sp³-hybridized carbons (Fsp3) is 0.222. The lowest BCUT2D eigenvalue weighted by molar-refractivity contribution is -0.110. The molecular weight excluding hydrogens is 274 g/mol. The first-order valence-electron chi connectivity index (χ1n) is 7.44. The molecular formula is C18H19N3O. The van der Waals surface area contributed by atoms with E-state index in [2.05, 4.69) is 35.0 Å². The van der Waals surface area contributed by atoms with Crippen LogP contribution < -0.4 is 5.32 Å². The highest BCUT2D eigenvalue weighted by molar-refractivity contribution is 5.76. The van der Waals surface area contributed by atoms with Gasteiger partial charge >= 0.3 is 0 Å². The van der Waals surface area contributed by atoms with Crippen LogP contribution in [0.25, 0.3) is 11.0 Å². The highest BCUT2D eigenvalue weighted by Crippen LogP contribution is 2.28. The van der Waals surface area contributed by atoms with Crippen LogP contribution in [0.2, 0.25) is 0 Å². The predicted octanol–water partition coefficient (Wildman–Crippen LogP) is 3.45. The number of fused-ring (bicyclic) bond motifs is 1. The second kappa shape index (κ2) is 6.02. The molecule has 1 N–H and O–H groups in total. The van der Waals surface area contributed by atoms with Gasteiger partial charge in [-0.25, -0.2) is 4.98 Å². The molecule has 3 rings (SSSR count). The summed E-state index contributed by atoms with van der Waals surface area (Å²) in [6, 6.07) is 18.4. The molecule has 1 heterocycles. The summed E-state index contributed by atoms with van der Waals surface area (Å²) < 4.78 is 2.20. The normalized spacial score (nSPS) is 13.7. The summed E-state index contributed by atoms with van der Waals surface area (Å²) in [5.74, 6) is 0.865. The number of carbonyl (C=O) groups is 1. The van der Waals surface area contributed by atoms with Crippen molar-refractivity contribution in [2.45, 2.75) is 25.9 Å². The topological polar surface area (TPSA) is 46.9 Å². The van der Waals surface area contributed by atoms with Crippen molar-refractivity contribution in [2.24, 2.45) is 0 Å². The minimum absolute atomic E-state index is 0.138. The summed E-state index contributed by atoms with van der Waals surface area (Å²) in [5.41, 5.74) is 3.23. The lowest BCUT2D eigenvalue weighted by Gasteiger charge is -2.20. The number of benzene rings is 2. The number of aromatic nitrogens is 2. The van der Waals surface area contributed by atoms with Gasteiger partial charge in [-0.05, 0) is 31.5 Å². The number of hydrogen-bond donors (Lipinski definition) is 1. The van der Waals surface area contributed by atoms with E-state index >= 15 is 0 Å². The zero-order valence-electron chi connectivity index (χ0n) is 12.7. The van der Waals surface area contributed by atoms with Crippen molar-refractivity contribution in [2.75, 3.05) is 0 Å². The molecule has 0 bridgehead atoms. The van der Waals surface area contributed by atoms with Gasteiger partial charge in [0.1, 0.15) is 5.82 Å². The fourth-order valence-electron chi connectivity index (χ4n) is 2.83. The summed E-state index contributed by atoms with van der Waals surface area (Å²) in [5, 5.41) is 2.81. The maximum Gasteiger partial charge on any atom is 0.207 e. The van der Waals surface area contributed by atoms with E-state index in [9.17, 15) is 4.79 Å². The van der Waals surface area contributed by atoms with E-state index in [0.717, 1.165) is 23.3 Å². The number of nitrogens with zero attached hydrogens (tertiary/aromatic N) is 2. The Hall–Kier alpha value is -2.62. The second-order valence-corrected chi connectivity index (χ2v) is 5.42. The van der Waals surface area contributed by atoms with Gasteiger partial charge < -0.3 is 9.88 Å². The second-order valence-electron chi connectivity index (χ2n) is 5.42. The molecule has 0 saturated carbocycles. The lowest BCUT2D eigenvalue weighted by atomic mass is 10.1. The Morgan fingerprint density at radius 2 is 1.73 bits per heavy atom. The SMILES string of the molecule is C[C@H](c1ccccc1)n1c([C@@H](C)NC=O)nc2ccccc21. The molecule has 0 aliphatic carbocycles. The largest absolute Gasteiger partial charge is 0.349 e. The van der Waals surface area contributed by atoms with E-state index in [1.165, 1.54) is 5.56 Å². The first kappa shape index (κ1) is 14.3. The van der Waals surface area contributed by atoms with Crippen LogP contribution >= 0.6 is 0 Å². The molecule has 112 valence electrons. The Morgan fingerprint density at radius 3 is 2.45 bits per heavy atom. The van der Waals surface area contributed by atoms with Gasteiger partial charge in [-0.2, -0.15) is 0 Å². The zero-order chi connectivity index (χ0) is 15.5. The van der Waals surface area contributed by atoms with Crippen LogP contribution in [0.5, 0.6) is 0 Å². The Bertz CT molecular complexity index is 779. The molecule has 0 aliphatic rings. The molecule has 22 heavy (non-hydrogen) atoms. The highest BCUT2D eigenvalue weighted by Gasteiger charge is 2.20. The highest BCUT2D eigenvalue weighted by atomic mass is 16.1. The van der Waals surface area contributed by atoms with Gasteiger partial charge in [0.25, 0.3) is 0 Å². The summed E-state index contributed by atoms with van der Waals surface area (Å²) in [4.78, 5) is 15.5. The third kappa shape index (κ3) is 2.48. The molecule has 1 aromatic heterocycles. The van der Waals surface area contributed by atoms with E-state index in [0.29, 0.717) is 0 Å². The minimum Gasteiger partial charge on any atom is -0.349 e. The third-order valence-corrected chi connectivity index (χ3v) is 4.00. The standard InChI is InChI=1S/C18H19N3O/c1-13(19-12-22)18-20-16-10-6-7-11-17(16)21(18)14(2)15-8-4-3-5-9-15/h3-14H,1-2H3,(H,19,22)/t13-,14-/m1/s1. The van der Waals surface area contributed by atoms with Gasteiger partial charge in [-0.1, -0.05) is 42.5 Å². The van der Waals surface area contributed by atoms with E-state index < -0.39 is 0 Å². The Morgan fingerprint density at radius 1 is 1.05 bits per heavy atom. The molecule has 4 nitrogen and oxygen atoms in total. The summed E-state index contributed by atoms with van der Waals surface area (Å²) >= 11 is 0. The first-order chi connectivity index (χ1) is 10.7. The number of carbonyl (C=O) groups excluding carboxylic acids is 1. The molecule has 0 spiro atoms. The predicted molar refractivity (Wildman–Crippen MR) is 87.6 cm³/mol. The van der Waals surface area contributed by atoms with Crippen LogP contribution in [0.1, 0.15) is 37.3 Å². The van der Waals surface area contributed by atoms with Gasteiger partial charge in [0.05, 0.1) is 23.1 Å². The van der Waals surface area contributed by atoms with Gasteiger partial charge in [0, 0.05) is 0 Å². The molecule has 0 radical (unpaired) electrons. The summed E-state index contributed by atoms with van der Waals surface area (Å²) in [6.45, 7) is 4.10. The van der Waals surface area contributed by atoms with Crippen molar-refractivity contribution in [1.29, 1.82) is 0 Å². The fourth-order valence-corrected chi connectivity index (χ4v) is 2.83. The van der Waals surface area contributed by atoms with E-state index in [-0.39, 0.29) is 12.1 Å². The number of rotatable bonds is 5. The molecule has 0 saturated heterocycles. The number of nitrogens with one attached hydrogen (secondary N) is 1.